The molecule has 0 spiro atoms. The number of rotatable bonds is 5. The third-order valence-corrected chi connectivity index (χ3v) is 5.80. The summed E-state index contributed by atoms with van der Waals surface area (Å²) in [5.74, 6) is 0.363. The van der Waals surface area contributed by atoms with Crippen LogP contribution in [0.1, 0.15) is 17.7 Å². The first kappa shape index (κ1) is 18.4. The van der Waals surface area contributed by atoms with Crippen molar-refractivity contribution in [3.63, 3.8) is 0 Å². The number of morpholine rings is 1. The third-order valence-electron chi connectivity index (χ3n) is 4.94. The number of hydrogen-bond acceptors (Lipinski definition) is 5. The van der Waals surface area contributed by atoms with E-state index in [-0.39, 0.29) is 17.7 Å². The highest BCUT2D eigenvalue weighted by Crippen LogP contribution is 2.20. The molecule has 2 aliphatic rings. The van der Waals surface area contributed by atoms with E-state index >= 15 is 0 Å². The van der Waals surface area contributed by atoms with Gasteiger partial charge >= 0.3 is 0 Å². The van der Waals surface area contributed by atoms with Crippen LogP contribution in [0, 0.1) is 5.92 Å². The van der Waals surface area contributed by atoms with Gasteiger partial charge in [0.25, 0.3) is 0 Å². The summed E-state index contributed by atoms with van der Waals surface area (Å²) in [7, 11) is 1.85. The number of thiophene rings is 1. The molecular weight excluding hydrogens is 338 g/mol. The second-order valence-corrected chi connectivity index (χ2v) is 7.87. The van der Waals surface area contributed by atoms with Gasteiger partial charge in [-0.05, 0) is 30.8 Å². The van der Waals surface area contributed by atoms with Crippen molar-refractivity contribution >= 4 is 23.2 Å². The monoisotopic (exact) mass is 365 g/mol. The lowest BCUT2D eigenvalue weighted by atomic mass is 9.96. The zero-order valence-corrected chi connectivity index (χ0v) is 15.7. The van der Waals surface area contributed by atoms with Gasteiger partial charge in [-0.2, -0.15) is 0 Å². The van der Waals surface area contributed by atoms with Crippen molar-refractivity contribution in [2.75, 3.05) is 53.0 Å². The Morgan fingerprint density at radius 1 is 1.32 bits per heavy atom. The van der Waals surface area contributed by atoms with Crippen molar-refractivity contribution in [2.45, 2.75) is 19.4 Å². The number of hydrogen-bond donors (Lipinski definition) is 0. The summed E-state index contributed by atoms with van der Waals surface area (Å²) in [4.78, 5) is 32.2. The first-order valence-electron chi connectivity index (χ1n) is 8.98. The number of amides is 2. The summed E-state index contributed by atoms with van der Waals surface area (Å²) in [6, 6.07) is 4.05. The van der Waals surface area contributed by atoms with E-state index in [4.69, 9.17) is 4.74 Å². The molecule has 2 amide bonds. The van der Waals surface area contributed by atoms with Gasteiger partial charge in [0.2, 0.25) is 11.8 Å². The van der Waals surface area contributed by atoms with Crippen molar-refractivity contribution < 1.29 is 14.3 Å². The van der Waals surface area contributed by atoms with Gasteiger partial charge in [0.1, 0.15) is 0 Å². The van der Waals surface area contributed by atoms with E-state index in [1.165, 1.54) is 4.88 Å². The van der Waals surface area contributed by atoms with Gasteiger partial charge in [-0.25, -0.2) is 0 Å². The van der Waals surface area contributed by atoms with E-state index in [9.17, 15) is 9.59 Å². The maximum Gasteiger partial charge on any atom is 0.236 e. The van der Waals surface area contributed by atoms with Gasteiger partial charge in [0.05, 0.1) is 32.2 Å². The number of likely N-dealkylation sites (N-methyl/N-ethyl adjacent to an activating group) is 1. The Morgan fingerprint density at radius 2 is 2.12 bits per heavy atom. The highest BCUT2D eigenvalue weighted by atomic mass is 32.1. The van der Waals surface area contributed by atoms with E-state index < -0.39 is 0 Å². The highest BCUT2D eigenvalue weighted by Gasteiger charge is 2.31. The average Bonchev–Trinajstić information content (AvgIpc) is 3.15. The largest absolute Gasteiger partial charge is 0.378 e. The first-order valence-corrected chi connectivity index (χ1v) is 9.86. The van der Waals surface area contributed by atoms with Crippen molar-refractivity contribution in [2.24, 2.45) is 5.92 Å². The lowest BCUT2D eigenvalue weighted by Crippen LogP contribution is -2.50. The predicted octanol–water partition coefficient (Wildman–Crippen LogP) is 1.28. The van der Waals surface area contributed by atoms with Gasteiger partial charge in [-0.3, -0.25) is 14.5 Å². The van der Waals surface area contributed by atoms with E-state index in [2.05, 4.69) is 4.90 Å². The molecule has 0 aromatic carbocycles. The Hall–Kier alpha value is -1.44. The molecule has 1 aromatic rings. The van der Waals surface area contributed by atoms with Gasteiger partial charge in [0, 0.05) is 31.6 Å². The minimum absolute atomic E-state index is 0.0160. The fourth-order valence-corrected chi connectivity index (χ4v) is 4.24. The van der Waals surface area contributed by atoms with Crippen molar-refractivity contribution in [3.8, 4) is 0 Å². The van der Waals surface area contributed by atoms with Crippen LogP contribution in [0.4, 0.5) is 0 Å². The van der Waals surface area contributed by atoms with Crippen LogP contribution in [0.2, 0.25) is 0 Å². The molecule has 6 nitrogen and oxygen atoms in total. The van der Waals surface area contributed by atoms with E-state index in [1.54, 1.807) is 16.2 Å². The minimum atomic E-state index is 0.0160. The van der Waals surface area contributed by atoms with Crippen molar-refractivity contribution in [1.82, 2.24) is 14.7 Å². The Morgan fingerprint density at radius 3 is 2.84 bits per heavy atom. The quantitative estimate of drug-likeness (QED) is 0.789. The molecule has 2 aliphatic heterocycles. The average molecular weight is 365 g/mol. The topological polar surface area (TPSA) is 53.1 Å². The maximum atomic E-state index is 12.7. The van der Waals surface area contributed by atoms with E-state index in [1.807, 2.05) is 29.5 Å². The second-order valence-electron chi connectivity index (χ2n) is 6.84. The Labute approximate surface area is 153 Å². The molecule has 3 rings (SSSR count). The van der Waals surface area contributed by atoms with Crippen molar-refractivity contribution in [1.29, 1.82) is 0 Å². The second kappa shape index (κ2) is 8.78. The molecular formula is C18H27N3O3S. The van der Waals surface area contributed by atoms with E-state index in [0.29, 0.717) is 45.9 Å². The molecule has 138 valence electrons. The fourth-order valence-electron chi connectivity index (χ4n) is 3.48. The van der Waals surface area contributed by atoms with Gasteiger partial charge in [0.15, 0.2) is 0 Å². The van der Waals surface area contributed by atoms with Crippen LogP contribution in [-0.2, 0) is 20.9 Å². The summed E-state index contributed by atoms with van der Waals surface area (Å²) in [5.41, 5.74) is 0. The van der Waals surface area contributed by atoms with Gasteiger partial charge < -0.3 is 14.5 Å². The Bertz CT molecular complexity index is 572. The molecule has 1 unspecified atom stereocenters. The number of piperidine rings is 1. The smallest absolute Gasteiger partial charge is 0.236 e. The summed E-state index contributed by atoms with van der Waals surface area (Å²) in [6.45, 7) is 5.29. The maximum absolute atomic E-state index is 12.7. The molecule has 0 radical (unpaired) electrons. The van der Waals surface area contributed by atoms with Crippen LogP contribution in [0.15, 0.2) is 17.5 Å². The molecule has 3 heterocycles. The minimum Gasteiger partial charge on any atom is -0.378 e. The Kier molecular flexibility index (Phi) is 6.45. The van der Waals surface area contributed by atoms with Crippen LogP contribution < -0.4 is 0 Å². The SMILES string of the molecule is CN(Cc1cccs1)C(=O)CN1CCCC(C(=O)N2CCOCC2)C1. The normalized spacial score (nSPS) is 22.0. The number of nitrogens with zero attached hydrogens (tertiary/aromatic N) is 3. The van der Waals surface area contributed by atoms with Gasteiger partial charge in [-0.1, -0.05) is 6.07 Å². The molecule has 0 aliphatic carbocycles. The molecule has 25 heavy (non-hydrogen) atoms. The molecule has 7 heteroatoms. The van der Waals surface area contributed by atoms with Crippen LogP contribution in [0.25, 0.3) is 0 Å². The number of carbonyl (C=O) groups excluding carboxylic acids is 2. The molecule has 2 fully saturated rings. The number of carbonyl (C=O) groups is 2. The lowest BCUT2D eigenvalue weighted by Gasteiger charge is -2.36. The van der Waals surface area contributed by atoms with Gasteiger partial charge in [-0.15, -0.1) is 11.3 Å². The first-order chi connectivity index (χ1) is 12.1. The molecule has 2 saturated heterocycles. The summed E-state index contributed by atoms with van der Waals surface area (Å²) < 4.78 is 5.33. The van der Waals surface area contributed by atoms with Crippen LogP contribution in [0.3, 0.4) is 0 Å². The molecule has 1 atom stereocenters. The molecule has 1 aromatic heterocycles. The standard InChI is InChI=1S/C18H27N3O3S/c1-19(13-16-5-3-11-25-16)17(22)14-20-6-2-4-15(12-20)18(23)21-7-9-24-10-8-21/h3,5,11,15H,2,4,6-10,12-14H2,1H3. The summed E-state index contributed by atoms with van der Waals surface area (Å²) >= 11 is 1.67. The zero-order chi connectivity index (χ0) is 17.6. The molecule has 0 N–H and O–H groups in total. The highest BCUT2D eigenvalue weighted by molar-refractivity contribution is 7.09. The fraction of sp³-hybridized carbons (Fsp3) is 0.667. The summed E-state index contributed by atoms with van der Waals surface area (Å²) in [6.07, 6.45) is 1.90. The zero-order valence-electron chi connectivity index (χ0n) is 14.9. The molecule has 0 saturated carbocycles. The number of ether oxygens (including phenoxy) is 1. The Balaban J connectivity index is 1.49. The van der Waals surface area contributed by atoms with Crippen LogP contribution in [-0.4, -0.2) is 79.5 Å². The van der Waals surface area contributed by atoms with E-state index in [0.717, 1.165) is 19.4 Å². The van der Waals surface area contributed by atoms with Crippen molar-refractivity contribution in [3.05, 3.63) is 22.4 Å². The molecule has 0 bridgehead atoms. The van der Waals surface area contributed by atoms with Crippen LogP contribution in [0.5, 0.6) is 0 Å². The third kappa shape index (κ3) is 5.03. The number of likely N-dealkylation sites (tertiary alicyclic amines) is 1. The predicted molar refractivity (Wildman–Crippen MR) is 97.4 cm³/mol. The summed E-state index contributed by atoms with van der Waals surface area (Å²) in [5, 5.41) is 2.03. The lowest BCUT2D eigenvalue weighted by molar-refractivity contribution is -0.142. The van der Waals surface area contributed by atoms with Crippen LogP contribution >= 0.6 is 11.3 Å².